The second-order valence-electron chi connectivity index (χ2n) is 4.84. The van der Waals surface area contributed by atoms with Gasteiger partial charge in [-0.1, -0.05) is 0 Å². The van der Waals surface area contributed by atoms with Gasteiger partial charge >= 0.3 is 0 Å². The van der Waals surface area contributed by atoms with Crippen LogP contribution in [-0.4, -0.2) is 30.6 Å². The summed E-state index contributed by atoms with van der Waals surface area (Å²) in [5.74, 6) is 2.08. The van der Waals surface area contributed by atoms with Crippen molar-refractivity contribution < 1.29 is 4.42 Å². The summed E-state index contributed by atoms with van der Waals surface area (Å²) in [4.78, 5) is 2.55. The minimum Gasteiger partial charge on any atom is -0.466 e. The van der Waals surface area contributed by atoms with Gasteiger partial charge in [-0.2, -0.15) is 0 Å². The molecule has 2 heterocycles. The molecule has 1 aromatic rings. The monoisotopic (exact) mass is 222 g/mol. The molecule has 0 saturated carbocycles. The van der Waals surface area contributed by atoms with Gasteiger partial charge in [0.1, 0.15) is 11.5 Å². The van der Waals surface area contributed by atoms with Crippen LogP contribution in [0.2, 0.25) is 0 Å². The van der Waals surface area contributed by atoms with Crippen LogP contribution in [0.3, 0.4) is 0 Å². The molecular weight excluding hydrogens is 200 g/mol. The molecule has 3 nitrogen and oxygen atoms in total. The zero-order chi connectivity index (χ0) is 11.7. The Morgan fingerprint density at radius 1 is 1.50 bits per heavy atom. The summed E-state index contributed by atoms with van der Waals surface area (Å²) in [6.07, 6.45) is 0. The van der Waals surface area contributed by atoms with Crippen LogP contribution in [0, 0.1) is 13.8 Å². The van der Waals surface area contributed by atoms with Gasteiger partial charge < -0.3 is 9.73 Å². The number of furan rings is 1. The van der Waals surface area contributed by atoms with Crippen LogP contribution >= 0.6 is 0 Å². The van der Waals surface area contributed by atoms with E-state index in [0.717, 1.165) is 31.2 Å². The zero-order valence-electron chi connectivity index (χ0n) is 10.7. The molecule has 2 atom stereocenters. The molecule has 2 unspecified atom stereocenters. The Bertz CT molecular complexity index is 359. The van der Waals surface area contributed by atoms with Crippen LogP contribution in [0.1, 0.15) is 37.0 Å². The lowest BCUT2D eigenvalue weighted by Crippen LogP contribution is -2.50. The minimum absolute atomic E-state index is 0.453. The molecule has 1 fully saturated rings. The Balaban J connectivity index is 2.17. The van der Waals surface area contributed by atoms with E-state index < -0.39 is 0 Å². The van der Waals surface area contributed by atoms with Crippen LogP contribution < -0.4 is 5.32 Å². The summed E-state index contributed by atoms with van der Waals surface area (Å²) < 4.78 is 5.62. The predicted octanol–water partition coefficient (Wildman–Crippen LogP) is 2.25. The van der Waals surface area contributed by atoms with Crippen molar-refractivity contribution in [3.05, 3.63) is 23.2 Å². The van der Waals surface area contributed by atoms with Gasteiger partial charge in [-0.3, -0.25) is 4.90 Å². The normalized spacial score (nSPS) is 24.6. The highest BCUT2D eigenvalue weighted by atomic mass is 16.3. The van der Waals surface area contributed by atoms with Crippen molar-refractivity contribution >= 4 is 0 Å². The molecule has 2 rings (SSSR count). The zero-order valence-corrected chi connectivity index (χ0v) is 10.7. The molecule has 1 aliphatic rings. The second kappa shape index (κ2) is 4.60. The fourth-order valence-electron chi connectivity index (χ4n) is 2.68. The van der Waals surface area contributed by atoms with E-state index >= 15 is 0 Å². The lowest BCUT2D eigenvalue weighted by Gasteiger charge is -2.38. The van der Waals surface area contributed by atoms with Crippen molar-refractivity contribution in [2.24, 2.45) is 0 Å². The molecule has 1 saturated heterocycles. The van der Waals surface area contributed by atoms with Crippen molar-refractivity contribution in [3.63, 3.8) is 0 Å². The number of rotatable bonds is 2. The minimum atomic E-state index is 0.453. The molecule has 0 amide bonds. The Morgan fingerprint density at radius 2 is 2.25 bits per heavy atom. The highest BCUT2D eigenvalue weighted by Gasteiger charge is 2.25. The van der Waals surface area contributed by atoms with Crippen LogP contribution in [0.25, 0.3) is 0 Å². The number of nitrogens with one attached hydrogen (secondary N) is 1. The van der Waals surface area contributed by atoms with Gasteiger partial charge in [0, 0.05) is 37.3 Å². The Morgan fingerprint density at radius 3 is 2.81 bits per heavy atom. The summed E-state index contributed by atoms with van der Waals surface area (Å²) in [5, 5.41) is 3.43. The first-order valence-corrected chi connectivity index (χ1v) is 6.13. The fraction of sp³-hybridized carbons (Fsp3) is 0.692. The Kier molecular flexibility index (Phi) is 3.36. The van der Waals surface area contributed by atoms with Gasteiger partial charge in [0.25, 0.3) is 0 Å². The number of hydrogen-bond acceptors (Lipinski definition) is 3. The van der Waals surface area contributed by atoms with Crippen molar-refractivity contribution in [1.29, 1.82) is 0 Å². The number of hydrogen-bond donors (Lipinski definition) is 1. The third-order valence-electron chi connectivity index (χ3n) is 3.58. The Labute approximate surface area is 97.8 Å². The number of piperazine rings is 1. The lowest BCUT2D eigenvalue weighted by atomic mass is 10.0. The van der Waals surface area contributed by atoms with E-state index in [-0.39, 0.29) is 0 Å². The van der Waals surface area contributed by atoms with E-state index in [9.17, 15) is 0 Å². The van der Waals surface area contributed by atoms with Gasteiger partial charge in [0.05, 0.1) is 0 Å². The molecule has 0 bridgehead atoms. The maximum atomic E-state index is 5.62. The summed E-state index contributed by atoms with van der Waals surface area (Å²) in [6, 6.07) is 3.22. The summed E-state index contributed by atoms with van der Waals surface area (Å²) in [5.41, 5.74) is 1.34. The largest absolute Gasteiger partial charge is 0.466 e. The van der Waals surface area contributed by atoms with Crippen LogP contribution in [-0.2, 0) is 0 Å². The molecule has 3 heteroatoms. The van der Waals surface area contributed by atoms with Crippen molar-refractivity contribution in [3.8, 4) is 0 Å². The highest BCUT2D eigenvalue weighted by molar-refractivity contribution is 5.23. The fourth-order valence-corrected chi connectivity index (χ4v) is 2.68. The van der Waals surface area contributed by atoms with Crippen molar-refractivity contribution in [1.82, 2.24) is 10.2 Å². The van der Waals surface area contributed by atoms with Crippen molar-refractivity contribution in [2.45, 2.75) is 39.8 Å². The third-order valence-corrected chi connectivity index (χ3v) is 3.58. The maximum Gasteiger partial charge on any atom is 0.105 e. The molecule has 0 aromatic carbocycles. The second-order valence-corrected chi connectivity index (χ2v) is 4.84. The first kappa shape index (κ1) is 11.7. The van der Waals surface area contributed by atoms with Gasteiger partial charge in [-0.05, 0) is 33.8 Å². The van der Waals surface area contributed by atoms with Crippen LogP contribution in [0.15, 0.2) is 10.5 Å². The standard InChI is InChI=1S/C13H22N2O/c1-9-8-14-5-6-15(9)11(3)13-7-10(2)16-12(13)4/h7,9,11,14H,5-6,8H2,1-4H3. The quantitative estimate of drug-likeness (QED) is 0.832. The summed E-state index contributed by atoms with van der Waals surface area (Å²) in [7, 11) is 0. The van der Waals surface area contributed by atoms with Gasteiger partial charge in [0.2, 0.25) is 0 Å². The topological polar surface area (TPSA) is 28.4 Å². The van der Waals surface area contributed by atoms with E-state index in [4.69, 9.17) is 4.42 Å². The summed E-state index contributed by atoms with van der Waals surface area (Å²) >= 11 is 0. The summed E-state index contributed by atoms with van der Waals surface area (Å²) in [6.45, 7) is 11.9. The first-order valence-electron chi connectivity index (χ1n) is 6.13. The maximum absolute atomic E-state index is 5.62. The Hall–Kier alpha value is -0.800. The van der Waals surface area contributed by atoms with Gasteiger partial charge in [0.15, 0.2) is 0 Å². The first-order chi connectivity index (χ1) is 7.59. The highest BCUT2D eigenvalue weighted by Crippen LogP contribution is 2.28. The third kappa shape index (κ3) is 2.15. The van der Waals surface area contributed by atoms with Gasteiger partial charge in [-0.25, -0.2) is 0 Å². The molecule has 0 radical (unpaired) electrons. The predicted molar refractivity (Wildman–Crippen MR) is 65.6 cm³/mol. The average molecular weight is 222 g/mol. The van der Waals surface area contributed by atoms with Gasteiger partial charge in [-0.15, -0.1) is 0 Å². The average Bonchev–Trinajstić information content (AvgIpc) is 2.58. The number of nitrogens with zero attached hydrogens (tertiary/aromatic N) is 1. The molecule has 1 N–H and O–H groups in total. The number of aryl methyl sites for hydroxylation is 2. The van der Waals surface area contributed by atoms with Crippen LogP contribution in [0.4, 0.5) is 0 Å². The van der Waals surface area contributed by atoms with Crippen LogP contribution in [0.5, 0.6) is 0 Å². The molecule has 0 spiro atoms. The molecule has 90 valence electrons. The lowest BCUT2D eigenvalue weighted by molar-refractivity contribution is 0.125. The molecule has 1 aromatic heterocycles. The van der Waals surface area contributed by atoms with E-state index in [0.29, 0.717) is 12.1 Å². The molecule has 16 heavy (non-hydrogen) atoms. The molecular formula is C13H22N2O. The van der Waals surface area contributed by atoms with Crippen molar-refractivity contribution in [2.75, 3.05) is 19.6 Å². The smallest absolute Gasteiger partial charge is 0.105 e. The molecule has 1 aliphatic heterocycles. The van der Waals surface area contributed by atoms with E-state index in [1.54, 1.807) is 0 Å². The van der Waals surface area contributed by atoms with E-state index in [1.165, 1.54) is 5.56 Å². The SMILES string of the molecule is Cc1cc(C(C)N2CCNCC2C)c(C)o1. The molecule has 0 aliphatic carbocycles. The van der Waals surface area contributed by atoms with E-state index in [1.807, 2.05) is 6.92 Å². The van der Waals surface area contributed by atoms with E-state index in [2.05, 4.69) is 37.1 Å².